The highest BCUT2D eigenvalue weighted by atomic mass is 32.2. The Balaban J connectivity index is 1.48. The van der Waals surface area contributed by atoms with E-state index in [4.69, 9.17) is 4.42 Å². The third-order valence-corrected chi connectivity index (χ3v) is 5.39. The van der Waals surface area contributed by atoms with Crippen LogP contribution in [0.2, 0.25) is 0 Å². The van der Waals surface area contributed by atoms with Crippen LogP contribution in [0.4, 0.5) is 0 Å². The molecule has 2 aliphatic heterocycles. The van der Waals surface area contributed by atoms with Gasteiger partial charge in [-0.2, -0.15) is 4.99 Å². The van der Waals surface area contributed by atoms with Crippen molar-refractivity contribution in [3.8, 4) is 11.3 Å². The third kappa shape index (κ3) is 3.55. The van der Waals surface area contributed by atoms with Crippen molar-refractivity contribution in [2.24, 2.45) is 4.99 Å². The molecule has 1 amide bonds. The summed E-state index contributed by atoms with van der Waals surface area (Å²) in [6, 6.07) is 13.7. The summed E-state index contributed by atoms with van der Waals surface area (Å²) in [5.74, 6) is 1.28. The minimum Gasteiger partial charge on any atom is -0.457 e. The van der Waals surface area contributed by atoms with Gasteiger partial charge < -0.3 is 14.2 Å². The first kappa shape index (κ1) is 16.2. The summed E-state index contributed by atoms with van der Waals surface area (Å²) in [6.45, 7) is 3.79. The number of amides is 1. The lowest BCUT2D eigenvalue weighted by Crippen LogP contribution is -2.46. The fraction of sp³-hybridized carbons (Fsp3) is 0.263. The van der Waals surface area contributed by atoms with Gasteiger partial charge in [-0.15, -0.1) is 0 Å². The molecule has 0 spiro atoms. The van der Waals surface area contributed by atoms with Crippen molar-refractivity contribution in [3.05, 3.63) is 53.1 Å². The number of hydrogen-bond donors (Lipinski definition) is 0. The summed E-state index contributed by atoms with van der Waals surface area (Å²) in [7, 11) is 2.11. The Labute approximate surface area is 151 Å². The second kappa shape index (κ2) is 6.90. The van der Waals surface area contributed by atoms with Gasteiger partial charge in [0.25, 0.3) is 5.91 Å². The lowest BCUT2D eigenvalue weighted by atomic mass is 10.2. The van der Waals surface area contributed by atoms with Gasteiger partial charge in [0.05, 0.1) is 4.91 Å². The summed E-state index contributed by atoms with van der Waals surface area (Å²) in [5, 5.41) is 0.805. The number of aliphatic imine (C=N–C) groups is 1. The number of carbonyl (C=O) groups excluding carboxylic acids is 1. The molecule has 2 aliphatic rings. The van der Waals surface area contributed by atoms with E-state index in [1.54, 1.807) is 6.08 Å². The van der Waals surface area contributed by atoms with Crippen molar-refractivity contribution >= 4 is 28.9 Å². The number of carbonyl (C=O) groups is 1. The predicted molar refractivity (Wildman–Crippen MR) is 101 cm³/mol. The maximum absolute atomic E-state index is 12.2. The minimum absolute atomic E-state index is 0.184. The molecule has 1 aromatic carbocycles. The van der Waals surface area contributed by atoms with Gasteiger partial charge in [0.15, 0.2) is 5.17 Å². The molecule has 4 rings (SSSR count). The standard InChI is InChI=1S/C19H19N3O2S/c1-21-9-11-22(12-10-21)19-20-18(23)17(25-19)13-15-7-8-16(24-15)14-5-3-2-4-6-14/h2-8,13H,9-12H2,1H3. The Morgan fingerprint density at radius 3 is 2.60 bits per heavy atom. The smallest absolute Gasteiger partial charge is 0.286 e. The molecule has 3 heterocycles. The molecular weight excluding hydrogens is 334 g/mol. The zero-order chi connectivity index (χ0) is 17.2. The number of nitrogens with zero attached hydrogens (tertiary/aromatic N) is 3. The number of amidine groups is 1. The Kier molecular flexibility index (Phi) is 4.46. The molecule has 128 valence electrons. The maximum Gasteiger partial charge on any atom is 0.286 e. The Morgan fingerprint density at radius 1 is 1.08 bits per heavy atom. The minimum atomic E-state index is -0.184. The van der Waals surface area contributed by atoms with Crippen LogP contribution in [-0.2, 0) is 4.79 Å². The van der Waals surface area contributed by atoms with Crippen LogP contribution in [-0.4, -0.2) is 54.1 Å². The number of furan rings is 1. The summed E-state index contributed by atoms with van der Waals surface area (Å²) < 4.78 is 5.86. The number of hydrogen-bond acceptors (Lipinski definition) is 5. The normalized spacial score (nSPS) is 20.4. The SMILES string of the molecule is CN1CCN(C2=NC(=O)C(=Cc3ccc(-c4ccccc4)o3)S2)CC1. The summed E-state index contributed by atoms with van der Waals surface area (Å²) >= 11 is 1.44. The topological polar surface area (TPSA) is 49.0 Å². The first-order valence-electron chi connectivity index (χ1n) is 8.30. The molecule has 0 saturated carbocycles. The van der Waals surface area contributed by atoms with Gasteiger partial charge in [0.1, 0.15) is 11.5 Å². The molecule has 25 heavy (non-hydrogen) atoms. The molecule has 0 N–H and O–H groups in total. The predicted octanol–water partition coefficient (Wildman–Crippen LogP) is 3.16. The Bertz CT molecular complexity index is 833. The van der Waals surface area contributed by atoms with Crippen LogP contribution >= 0.6 is 11.8 Å². The average molecular weight is 353 g/mol. The molecule has 0 aliphatic carbocycles. The number of benzene rings is 1. The lowest BCUT2D eigenvalue weighted by molar-refractivity contribution is -0.113. The van der Waals surface area contributed by atoms with E-state index < -0.39 is 0 Å². The largest absolute Gasteiger partial charge is 0.457 e. The van der Waals surface area contributed by atoms with E-state index in [1.165, 1.54) is 11.8 Å². The molecule has 1 fully saturated rings. The van der Waals surface area contributed by atoms with Gasteiger partial charge >= 0.3 is 0 Å². The summed E-state index contributed by atoms with van der Waals surface area (Å²) in [6.07, 6.45) is 1.78. The van der Waals surface area contributed by atoms with E-state index >= 15 is 0 Å². The number of likely N-dealkylation sites (N-methyl/N-ethyl adjacent to an activating group) is 1. The summed E-state index contributed by atoms with van der Waals surface area (Å²) in [5.41, 5.74) is 1.02. The van der Waals surface area contributed by atoms with Crippen LogP contribution in [0.25, 0.3) is 17.4 Å². The molecule has 0 radical (unpaired) electrons. The molecule has 6 heteroatoms. The van der Waals surface area contributed by atoms with E-state index in [-0.39, 0.29) is 5.91 Å². The highest BCUT2D eigenvalue weighted by molar-refractivity contribution is 8.18. The van der Waals surface area contributed by atoms with E-state index in [2.05, 4.69) is 21.8 Å². The molecule has 2 aromatic rings. The zero-order valence-electron chi connectivity index (χ0n) is 14.0. The average Bonchev–Trinajstić information content (AvgIpc) is 3.24. The maximum atomic E-state index is 12.2. The van der Waals surface area contributed by atoms with Gasteiger partial charge in [-0.05, 0) is 30.9 Å². The summed E-state index contributed by atoms with van der Waals surface area (Å²) in [4.78, 5) is 21.5. The molecule has 0 bridgehead atoms. The second-order valence-electron chi connectivity index (χ2n) is 6.17. The number of thioether (sulfide) groups is 1. The van der Waals surface area contributed by atoms with Crippen molar-refractivity contribution < 1.29 is 9.21 Å². The van der Waals surface area contributed by atoms with E-state index in [1.807, 2.05) is 42.5 Å². The third-order valence-electron chi connectivity index (χ3n) is 4.34. The number of rotatable bonds is 2. The molecule has 1 saturated heterocycles. The van der Waals surface area contributed by atoms with Crippen molar-refractivity contribution in [1.82, 2.24) is 9.80 Å². The van der Waals surface area contributed by atoms with Crippen molar-refractivity contribution in [3.63, 3.8) is 0 Å². The number of piperazine rings is 1. The lowest BCUT2D eigenvalue weighted by Gasteiger charge is -2.32. The van der Waals surface area contributed by atoms with Crippen LogP contribution in [0.15, 0.2) is 56.8 Å². The van der Waals surface area contributed by atoms with Gasteiger partial charge in [0.2, 0.25) is 0 Å². The Hall–Kier alpha value is -2.31. The fourth-order valence-electron chi connectivity index (χ4n) is 2.85. The van der Waals surface area contributed by atoms with Crippen molar-refractivity contribution in [1.29, 1.82) is 0 Å². The van der Waals surface area contributed by atoms with Gasteiger partial charge in [0, 0.05) is 37.8 Å². The van der Waals surface area contributed by atoms with Crippen molar-refractivity contribution in [2.45, 2.75) is 0 Å². The van der Waals surface area contributed by atoms with E-state index in [0.29, 0.717) is 10.7 Å². The Morgan fingerprint density at radius 2 is 1.84 bits per heavy atom. The van der Waals surface area contributed by atoms with Crippen LogP contribution in [0.1, 0.15) is 5.76 Å². The van der Waals surface area contributed by atoms with Gasteiger partial charge in [-0.3, -0.25) is 4.79 Å². The zero-order valence-corrected chi connectivity index (χ0v) is 14.8. The second-order valence-corrected chi connectivity index (χ2v) is 7.18. The molecule has 0 unspecified atom stereocenters. The van der Waals surface area contributed by atoms with Crippen LogP contribution in [0.5, 0.6) is 0 Å². The van der Waals surface area contributed by atoms with Gasteiger partial charge in [-0.25, -0.2) is 0 Å². The van der Waals surface area contributed by atoms with Crippen LogP contribution in [0, 0.1) is 0 Å². The van der Waals surface area contributed by atoms with E-state index in [9.17, 15) is 4.79 Å². The first-order valence-corrected chi connectivity index (χ1v) is 9.12. The van der Waals surface area contributed by atoms with Crippen molar-refractivity contribution in [2.75, 3.05) is 33.2 Å². The quantitative estimate of drug-likeness (QED) is 0.776. The molecule has 1 aromatic heterocycles. The molecule has 5 nitrogen and oxygen atoms in total. The van der Waals surface area contributed by atoms with Crippen LogP contribution in [0.3, 0.4) is 0 Å². The van der Waals surface area contributed by atoms with Gasteiger partial charge in [-0.1, -0.05) is 30.3 Å². The first-order chi connectivity index (χ1) is 12.2. The highest BCUT2D eigenvalue weighted by Gasteiger charge is 2.28. The molecular formula is C19H19N3O2S. The molecule has 0 atom stereocenters. The monoisotopic (exact) mass is 353 g/mol. The van der Waals surface area contributed by atoms with E-state index in [0.717, 1.165) is 42.7 Å². The van der Waals surface area contributed by atoms with Crippen LogP contribution < -0.4 is 0 Å². The highest BCUT2D eigenvalue weighted by Crippen LogP contribution is 2.32. The fourth-order valence-corrected chi connectivity index (χ4v) is 3.79.